The Morgan fingerprint density at radius 2 is 2.18 bits per heavy atom. The van der Waals surface area contributed by atoms with Crippen LogP contribution in [0.15, 0.2) is 28.7 Å². The molecular weight excluding hydrogens is 348 g/mol. The molecule has 2 heterocycles. The zero-order valence-corrected chi connectivity index (χ0v) is 14.1. The molecule has 1 aromatic carbocycles. The van der Waals surface area contributed by atoms with E-state index in [1.807, 2.05) is 31.2 Å². The average Bonchev–Trinajstić information content (AvgIpc) is 2.88. The molecule has 0 spiro atoms. The van der Waals surface area contributed by atoms with Crippen LogP contribution in [-0.2, 0) is 14.3 Å². The number of amides is 2. The highest BCUT2D eigenvalue weighted by molar-refractivity contribution is 9.10. The average molecular weight is 367 g/mol. The van der Waals surface area contributed by atoms with Crippen LogP contribution in [0, 0.1) is 5.92 Å². The molecule has 22 heavy (non-hydrogen) atoms. The summed E-state index contributed by atoms with van der Waals surface area (Å²) in [6.45, 7) is 4.22. The molecule has 2 aliphatic rings. The normalized spacial score (nSPS) is 25.6. The van der Waals surface area contributed by atoms with Crippen LogP contribution >= 0.6 is 15.9 Å². The van der Waals surface area contributed by atoms with Gasteiger partial charge in [-0.25, -0.2) is 0 Å². The fourth-order valence-corrected chi connectivity index (χ4v) is 3.44. The number of anilines is 1. The maximum Gasteiger partial charge on any atom is 0.239 e. The van der Waals surface area contributed by atoms with E-state index in [0.29, 0.717) is 32.7 Å². The molecule has 2 aliphatic heterocycles. The van der Waals surface area contributed by atoms with Crippen molar-refractivity contribution in [1.82, 2.24) is 4.90 Å². The summed E-state index contributed by atoms with van der Waals surface area (Å²) in [5.74, 6) is -0.704. The molecule has 0 N–H and O–H groups in total. The van der Waals surface area contributed by atoms with Gasteiger partial charge >= 0.3 is 0 Å². The number of morpholine rings is 1. The van der Waals surface area contributed by atoms with Gasteiger partial charge < -0.3 is 14.5 Å². The van der Waals surface area contributed by atoms with Crippen molar-refractivity contribution in [3.05, 3.63) is 28.7 Å². The molecular formula is C16H19BrN2O3. The fourth-order valence-electron chi connectivity index (χ4n) is 3.05. The minimum absolute atomic E-state index is 0.0374. The summed E-state index contributed by atoms with van der Waals surface area (Å²) in [5, 5.41) is 0. The molecule has 3 rings (SSSR count). The zero-order valence-electron chi connectivity index (χ0n) is 12.5. The van der Waals surface area contributed by atoms with Crippen LogP contribution in [0.5, 0.6) is 0 Å². The number of halogens is 1. The second-order valence-electron chi connectivity index (χ2n) is 5.78. The van der Waals surface area contributed by atoms with E-state index in [4.69, 9.17) is 4.74 Å². The van der Waals surface area contributed by atoms with Gasteiger partial charge in [-0.15, -0.1) is 0 Å². The maximum absolute atomic E-state index is 12.6. The molecule has 5 nitrogen and oxygen atoms in total. The molecule has 118 valence electrons. The summed E-state index contributed by atoms with van der Waals surface area (Å²) < 4.78 is 6.38. The van der Waals surface area contributed by atoms with E-state index in [-0.39, 0.29) is 17.9 Å². The molecule has 2 atom stereocenters. The Morgan fingerprint density at radius 3 is 2.91 bits per heavy atom. The van der Waals surface area contributed by atoms with E-state index in [1.54, 1.807) is 9.80 Å². The summed E-state index contributed by atoms with van der Waals surface area (Å²) in [6.07, 6.45) is 0.617. The molecule has 2 amide bonds. The van der Waals surface area contributed by atoms with Crippen molar-refractivity contribution in [1.29, 1.82) is 0 Å². The van der Waals surface area contributed by atoms with Crippen LogP contribution in [-0.4, -0.2) is 49.1 Å². The smallest absolute Gasteiger partial charge is 0.239 e. The van der Waals surface area contributed by atoms with Gasteiger partial charge in [0.05, 0.1) is 12.7 Å². The monoisotopic (exact) mass is 366 g/mol. The van der Waals surface area contributed by atoms with Crippen LogP contribution < -0.4 is 4.90 Å². The standard InChI is InChI=1S/C16H19BrN2O3/c1-11-10-18(7-8-22-11)15(20)14-5-6-19(16(14)21)13-4-2-3-12(17)9-13/h2-4,9,11,14H,5-8,10H2,1H3. The van der Waals surface area contributed by atoms with Crippen molar-refractivity contribution in [3.63, 3.8) is 0 Å². The lowest BCUT2D eigenvalue weighted by molar-refractivity contribution is -0.145. The first-order valence-corrected chi connectivity index (χ1v) is 8.33. The molecule has 1 aromatic rings. The van der Waals surface area contributed by atoms with Gasteiger partial charge in [0.1, 0.15) is 5.92 Å². The highest BCUT2D eigenvalue weighted by Gasteiger charge is 2.40. The molecule has 0 saturated carbocycles. The molecule has 2 saturated heterocycles. The van der Waals surface area contributed by atoms with Crippen LogP contribution in [0.3, 0.4) is 0 Å². The molecule has 2 unspecified atom stereocenters. The van der Waals surface area contributed by atoms with Crippen molar-refractivity contribution in [3.8, 4) is 0 Å². The summed E-state index contributed by atoms with van der Waals surface area (Å²) in [4.78, 5) is 28.7. The molecule has 0 bridgehead atoms. The number of benzene rings is 1. The number of hydrogen-bond donors (Lipinski definition) is 0. The number of carbonyl (C=O) groups is 2. The predicted octanol–water partition coefficient (Wildman–Crippen LogP) is 2.05. The van der Waals surface area contributed by atoms with Crippen molar-refractivity contribution in [2.24, 2.45) is 5.92 Å². The zero-order chi connectivity index (χ0) is 15.7. The van der Waals surface area contributed by atoms with E-state index in [2.05, 4.69) is 15.9 Å². The molecule has 0 aliphatic carbocycles. The van der Waals surface area contributed by atoms with Crippen LogP contribution in [0.1, 0.15) is 13.3 Å². The lowest BCUT2D eigenvalue weighted by atomic mass is 10.1. The van der Waals surface area contributed by atoms with Gasteiger partial charge in [-0.2, -0.15) is 0 Å². The third-order valence-electron chi connectivity index (χ3n) is 4.18. The highest BCUT2D eigenvalue weighted by Crippen LogP contribution is 2.28. The quantitative estimate of drug-likeness (QED) is 0.752. The Bertz CT molecular complexity index is 593. The van der Waals surface area contributed by atoms with E-state index in [1.165, 1.54) is 0 Å². The Kier molecular flexibility index (Phi) is 4.49. The second-order valence-corrected chi connectivity index (χ2v) is 6.69. The van der Waals surface area contributed by atoms with Gasteiger partial charge in [-0.05, 0) is 31.5 Å². The lowest BCUT2D eigenvalue weighted by Crippen LogP contribution is -2.48. The van der Waals surface area contributed by atoms with Gasteiger partial charge in [0.15, 0.2) is 0 Å². The number of ether oxygens (including phenoxy) is 1. The second kappa shape index (κ2) is 6.38. The van der Waals surface area contributed by atoms with Crippen molar-refractivity contribution in [2.45, 2.75) is 19.4 Å². The summed E-state index contributed by atoms with van der Waals surface area (Å²) in [5.41, 5.74) is 0.838. The first-order chi connectivity index (χ1) is 10.6. The molecule has 0 aromatic heterocycles. The van der Waals surface area contributed by atoms with Gasteiger partial charge in [0.25, 0.3) is 0 Å². The Hall–Kier alpha value is -1.40. The summed E-state index contributed by atoms with van der Waals surface area (Å²) >= 11 is 3.42. The number of carbonyl (C=O) groups excluding carboxylic acids is 2. The van der Waals surface area contributed by atoms with E-state index < -0.39 is 5.92 Å². The minimum atomic E-state index is -0.552. The van der Waals surface area contributed by atoms with Gasteiger partial charge in [0, 0.05) is 29.8 Å². The minimum Gasteiger partial charge on any atom is -0.375 e. The highest BCUT2D eigenvalue weighted by atomic mass is 79.9. The third kappa shape index (κ3) is 3.03. The van der Waals surface area contributed by atoms with E-state index in [9.17, 15) is 9.59 Å². The van der Waals surface area contributed by atoms with Crippen molar-refractivity contribution in [2.75, 3.05) is 31.1 Å². The SMILES string of the molecule is CC1CN(C(=O)C2CCN(c3cccc(Br)c3)C2=O)CCO1. The Labute approximate surface area is 138 Å². The fraction of sp³-hybridized carbons (Fsp3) is 0.500. The van der Waals surface area contributed by atoms with Gasteiger partial charge in [-0.1, -0.05) is 22.0 Å². The molecule has 6 heteroatoms. The first-order valence-electron chi connectivity index (χ1n) is 7.53. The van der Waals surface area contributed by atoms with Crippen LogP contribution in [0.2, 0.25) is 0 Å². The summed E-state index contributed by atoms with van der Waals surface area (Å²) in [6, 6.07) is 7.61. The van der Waals surface area contributed by atoms with Crippen molar-refractivity contribution < 1.29 is 14.3 Å². The molecule has 2 fully saturated rings. The van der Waals surface area contributed by atoms with Crippen LogP contribution in [0.4, 0.5) is 5.69 Å². The third-order valence-corrected chi connectivity index (χ3v) is 4.67. The topological polar surface area (TPSA) is 49.9 Å². The van der Waals surface area contributed by atoms with Gasteiger partial charge in [0.2, 0.25) is 11.8 Å². The number of rotatable bonds is 2. The summed E-state index contributed by atoms with van der Waals surface area (Å²) in [7, 11) is 0. The maximum atomic E-state index is 12.6. The number of hydrogen-bond acceptors (Lipinski definition) is 3. The predicted molar refractivity (Wildman–Crippen MR) is 86.6 cm³/mol. The van der Waals surface area contributed by atoms with E-state index >= 15 is 0 Å². The largest absolute Gasteiger partial charge is 0.375 e. The Balaban J connectivity index is 1.72. The lowest BCUT2D eigenvalue weighted by Gasteiger charge is -2.32. The van der Waals surface area contributed by atoms with Gasteiger partial charge in [-0.3, -0.25) is 9.59 Å². The number of nitrogens with zero attached hydrogens (tertiary/aromatic N) is 2. The van der Waals surface area contributed by atoms with Crippen LogP contribution in [0.25, 0.3) is 0 Å². The first kappa shape index (κ1) is 15.5. The molecule has 0 radical (unpaired) electrons. The Morgan fingerprint density at radius 1 is 1.36 bits per heavy atom. The van der Waals surface area contributed by atoms with E-state index in [0.717, 1.165) is 10.2 Å². The van der Waals surface area contributed by atoms with Crippen molar-refractivity contribution >= 4 is 33.4 Å².